The van der Waals surface area contributed by atoms with Crippen molar-refractivity contribution in [2.45, 2.75) is 9.79 Å². The molecule has 3 aliphatic rings. The summed E-state index contributed by atoms with van der Waals surface area (Å²) in [5.41, 5.74) is 23.3. The molecule has 9 rings (SSSR count). The van der Waals surface area contributed by atoms with Crippen LogP contribution in [0.1, 0.15) is 0 Å². The number of hydrogen-bond acceptors (Lipinski definition) is 20. The average Bonchev–Trinajstić information content (AvgIpc) is 0.816. The van der Waals surface area contributed by atoms with E-state index in [0.717, 1.165) is 39.7 Å². The third kappa shape index (κ3) is 30.4. The molecule has 0 saturated heterocycles. The summed E-state index contributed by atoms with van der Waals surface area (Å²) in [6.45, 7) is 0. The summed E-state index contributed by atoms with van der Waals surface area (Å²) >= 11 is 0.868. The van der Waals surface area contributed by atoms with Gasteiger partial charge in [0.1, 0.15) is 33.9 Å². The molecular weight excluding hydrogens is 1390 g/mol. The summed E-state index contributed by atoms with van der Waals surface area (Å²) in [4.78, 5) is 33.0. The zero-order valence-corrected chi connectivity index (χ0v) is 64.4. The van der Waals surface area contributed by atoms with Crippen LogP contribution in [-0.4, -0.2) is 160 Å². The number of allylic oxidation sites excluding steroid dienone is 4. The summed E-state index contributed by atoms with van der Waals surface area (Å²) in [7, 11) is 33.4. The molecule has 0 atom stereocenters. The summed E-state index contributed by atoms with van der Waals surface area (Å²) in [5.74, 6) is 0. The number of rotatable bonds is 12. The number of nitrogen functional groups attached to an aromatic ring is 2. The number of para-hydroxylation sites is 1. The van der Waals surface area contributed by atoms with Crippen molar-refractivity contribution >= 4 is 149 Å². The second-order valence-corrected chi connectivity index (χ2v) is 33.4. The molecule has 1 heterocycles. The normalized spacial score (nSPS) is 10.9. The molecule has 29 heteroatoms. The SMILES string of the molecule is CN(C)c1ccc(N)c(SS(=O)(=O)O)c1.CN(C)c1ccc(N)cc1.CN(C)c1ccc(N=C2C=CC(=[N+](C)C)C=C2)c(SS(=O)(=O)[O-])c1.CN(C)c1ccc(N=O)cc1.CN(C)c1ccc2nc3ccc(=[N+](C)C)cc-3sc2c1.CN(C)c1ccccc1.[Cl-].[Cl][Zn][Cl]. The average molecular weight is 1480 g/mol. The topological polar surface area (TPSA) is 244 Å². The molecule has 6 aromatic carbocycles. The first-order valence-electron chi connectivity index (χ1n) is 27.8. The van der Waals surface area contributed by atoms with E-state index in [4.69, 9.17) is 40.4 Å². The van der Waals surface area contributed by atoms with Crippen LogP contribution in [-0.2, 0) is 33.4 Å². The fraction of sp³-hybridized carbons (Fsp3) is 0.250. The number of fused-ring (bicyclic) bond motifs is 2. The van der Waals surface area contributed by atoms with Gasteiger partial charge in [-0.3, -0.25) is 4.55 Å². The minimum atomic E-state index is -4.47. The number of benzene rings is 7. The van der Waals surface area contributed by atoms with E-state index < -0.39 is 33.4 Å². The van der Waals surface area contributed by atoms with Crippen molar-refractivity contribution in [3.05, 3.63) is 186 Å². The molecule has 0 spiro atoms. The summed E-state index contributed by atoms with van der Waals surface area (Å²) < 4.78 is 68.8. The molecule has 0 aromatic heterocycles. The van der Waals surface area contributed by atoms with Gasteiger partial charge in [0, 0.05) is 170 Å². The van der Waals surface area contributed by atoms with Gasteiger partial charge in [0.05, 0.1) is 37.1 Å². The summed E-state index contributed by atoms with van der Waals surface area (Å²) in [5, 5.41) is 4.01. The van der Waals surface area contributed by atoms with Crippen LogP contribution >= 0.6 is 52.3 Å². The van der Waals surface area contributed by atoms with E-state index in [9.17, 15) is 26.3 Å². The first kappa shape index (κ1) is 82.3. The molecule has 2 aliphatic carbocycles. The number of nitroso groups, excluding NO2 is 1. The maximum absolute atomic E-state index is 11.2. The predicted molar refractivity (Wildman–Crippen MR) is 393 cm³/mol. The van der Waals surface area contributed by atoms with Gasteiger partial charge < -0.3 is 57.8 Å². The number of halogens is 3. The fourth-order valence-corrected chi connectivity index (χ4v) is 11.8. The van der Waals surface area contributed by atoms with Crippen molar-refractivity contribution in [2.75, 3.05) is 154 Å². The Morgan fingerprint density at radius 2 is 1.01 bits per heavy atom. The maximum atomic E-state index is 11.2. The first-order valence-corrected chi connectivity index (χ1v) is 42.0. The Morgan fingerprint density at radius 1 is 0.559 bits per heavy atom. The zero-order chi connectivity index (χ0) is 69.0. The van der Waals surface area contributed by atoms with Crippen LogP contribution < -0.4 is 63.2 Å². The van der Waals surface area contributed by atoms with Crippen molar-refractivity contribution < 1.29 is 58.1 Å². The molecule has 1 aliphatic heterocycles. The Bertz CT molecular complexity index is 4040. The number of nitrogens with zero attached hydrogens (tertiary/aromatic N) is 11. The minimum absolute atomic E-state index is 0. The van der Waals surface area contributed by atoms with E-state index in [1.165, 1.54) is 32.0 Å². The van der Waals surface area contributed by atoms with Crippen LogP contribution in [0.3, 0.4) is 0 Å². The van der Waals surface area contributed by atoms with E-state index in [1.54, 1.807) is 53.8 Å². The van der Waals surface area contributed by atoms with Gasteiger partial charge in [-0.1, -0.05) is 18.2 Å². The van der Waals surface area contributed by atoms with Crippen molar-refractivity contribution in [3.8, 4) is 10.6 Å². The number of anilines is 8. The molecule has 20 nitrogen and oxygen atoms in total. The third-order valence-electron chi connectivity index (χ3n) is 12.5. The molecule has 0 bridgehead atoms. The number of aromatic nitrogens is 1. The monoisotopic (exact) mass is 1470 g/mol. The number of nitrogens with two attached hydrogens (primary N) is 2. The molecule has 498 valence electrons. The second-order valence-electron chi connectivity index (χ2n) is 21.3. The van der Waals surface area contributed by atoms with Crippen molar-refractivity contribution in [3.63, 3.8) is 0 Å². The van der Waals surface area contributed by atoms with Crippen LogP contribution in [0.5, 0.6) is 0 Å². The fourth-order valence-electron chi connectivity index (χ4n) is 7.47. The quantitative estimate of drug-likeness (QED) is 0.0151. The van der Waals surface area contributed by atoms with Crippen LogP contribution in [0.15, 0.2) is 196 Å². The Labute approximate surface area is 582 Å². The van der Waals surface area contributed by atoms with Crippen molar-refractivity contribution in [1.82, 2.24) is 9.56 Å². The van der Waals surface area contributed by atoms with Crippen LogP contribution in [0.25, 0.3) is 20.8 Å². The van der Waals surface area contributed by atoms with Crippen molar-refractivity contribution in [1.29, 1.82) is 0 Å². The van der Waals surface area contributed by atoms with Crippen molar-refractivity contribution in [2.24, 2.45) is 10.2 Å². The van der Waals surface area contributed by atoms with Crippen LogP contribution in [0.2, 0.25) is 0 Å². The molecule has 0 fully saturated rings. The zero-order valence-electron chi connectivity index (χ0n) is 55.1. The molecule has 6 aromatic rings. The van der Waals surface area contributed by atoms with Gasteiger partial charge in [-0.05, 0) is 149 Å². The van der Waals surface area contributed by atoms with Crippen LogP contribution in [0.4, 0.5) is 56.9 Å². The number of aliphatic imine (C=N–C) groups is 1. The Kier molecular flexibility index (Phi) is 35.8. The van der Waals surface area contributed by atoms with E-state index in [2.05, 4.69) is 101 Å². The second kappa shape index (κ2) is 40.4. The molecule has 0 saturated carbocycles. The van der Waals surface area contributed by atoms with Gasteiger partial charge >= 0.3 is 43.7 Å². The Balaban J connectivity index is 0.000000389. The van der Waals surface area contributed by atoms with E-state index >= 15 is 0 Å². The summed E-state index contributed by atoms with van der Waals surface area (Å²) in [6, 6.07) is 48.1. The molecule has 5 N–H and O–H groups in total. The first-order chi connectivity index (χ1) is 43.1. The van der Waals surface area contributed by atoms with Gasteiger partial charge in [0.15, 0.2) is 14.9 Å². The van der Waals surface area contributed by atoms with Gasteiger partial charge in [-0.2, -0.15) is 8.42 Å². The van der Waals surface area contributed by atoms with Gasteiger partial charge in [-0.25, -0.2) is 27.5 Å². The van der Waals surface area contributed by atoms with E-state index in [-0.39, 0.29) is 23.2 Å². The molecule has 0 unspecified atom stereocenters. The Hall–Kier alpha value is -6.81. The Morgan fingerprint density at radius 3 is 1.46 bits per heavy atom. The molecule has 93 heavy (non-hydrogen) atoms. The van der Waals surface area contributed by atoms with E-state index in [1.807, 2.05) is 194 Å². The van der Waals surface area contributed by atoms with Crippen LogP contribution in [0, 0.1) is 4.91 Å². The molecular formula is C64H82Cl3N13O7S5Zn. The summed E-state index contributed by atoms with van der Waals surface area (Å²) in [6.07, 6.45) is 7.53. The predicted octanol–water partition coefficient (Wildman–Crippen LogP) is 9.56. The van der Waals surface area contributed by atoms with Gasteiger partial charge in [0.2, 0.25) is 5.36 Å². The van der Waals surface area contributed by atoms with E-state index in [0.29, 0.717) is 43.4 Å². The molecule has 0 radical (unpaired) electrons. The standard InChI is InChI=1S/C16H19N3O3S2.C16H18N3S.C8H12N2O3S2.C8H10N2O.C8H12N2.C8H11N.3ClH.Zn/c1-18(2)13-7-5-12(6-8-13)17-15-10-9-14(19(3)4)11-16(15)23-24(20,21)22;1-18(2)11-5-7-13-15(9-11)20-16-10-12(19(3)4)6-8-14(16)17-13;1-10(2)6-3-4-7(9)8(5-6)14-15(11,12)13;1-10(2)8-5-3-7(9-11)4-6-8;1-10(2)8-5-3-7(9)4-6-8;1-9(2)8-6-4-3-5-7-8;;;;/h5-11H,1-4H3;5-10H,1-4H3;3-5H,9H2,1-2H3,(H,11,12,13);3-6H,1-2H3;3-6H,9H2,1-2H3;3-7H,1-2H3;3*1H;/q;+1;;;;;;;;+2/p-3. The number of hydrogen-bond donors (Lipinski definition) is 3. The third-order valence-corrected chi connectivity index (χ3v) is 17.4. The van der Waals surface area contributed by atoms with Gasteiger partial charge in [0.25, 0.3) is 0 Å². The van der Waals surface area contributed by atoms with Gasteiger partial charge in [-0.15, -0.1) is 16.2 Å². The molecule has 0 amide bonds.